The molecule has 0 aliphatic rings. The van der Waals surface area contributed by atoms with Gasteiger partial charge in [-0.3, -0.25) is 4.79 Å². The van der Waals surface area contributed by atoms with Crippen molar-refractivity contribution in [2.75, 3.05) is 5.75 Å². The van der Waals surface area contributed by atoms with Crippen LogP contribution in [0.15, 0.2) is 12.2 Å². The third-order valence-electron chi connectivity index (χ3n) is 1.18. The highest BCUT2D eigenvalue weighted by atomic mass is 32.2. The first kappa shape index (κ1) is 10.6. The number of carbonyl (C=O) groups is 1. The number of thioether (sulfide) groups is 1. The fourth-order valence-electron chi connectivity index (χ4n) is 0.607. The first-order valence-electron chi connectivity index (χ1n) is 3.56. The van der Waals surface area contributed by atoms with Crippen molar-refractivity contribution in [3.8, 4) is 0 Å². The van der Waals surface area contributed by atoms with Crippen LogP contribution >= 0.6 is 11.8 Å². The van der Waals surface area contributed by atoms with E-state index in [0.717, 1.165) is 11.3 Å². The van der Waals surface area contributed by atoms with Crippen LogP contribution in [0.4, 0.5) is 0 Å². The highest BCUT2D eigenvalue weighted by Crippen LogP contribution is 2.16. The van der Waals surface area contributed by atoms with Gasteiger partial charge in [-0.25, -0.2) is 0 Å². The Bertz CT molecular complexity index is 154. The number of aliphatic carboxylic acids is 1. The van der Waals surface area contributed by atoms with Crippen LogP contribution in [0.3, 0.4) is 0 Å². The lowest BCUT2D eigenvalue weighted by Gasteiger charge is -2.07. The van der Waals surface area contributed by atoms with Crippen LogP contribution in [0.5, 0.6) is 0 Å². The van der Waals surface area contributed by atoms with Crippen LogP contribution in [0.2, 0.25) is 0 Å². The summed E-state index contributed by atoms with van der Waals surface area (Å²) in [5, 5.41) is 8.36. The molecule has 1 unspecified atom stereocenters. The van der Waals surface area contributed by atoms with Crippen molar-refractivity contribution < 1.29 is 9.90 Å². The summed E-state index contributed by atoms with van der Waals surface area (Å²) in [5.74, 6) is 0.0175. The Morgan fingerprint density at radius 1 is 1.73 bits per heavy atom. The number of carboxylic acids is 1. The normalized spacial score (nSPS) is 12.5. The average Bonchev–Trinajstić information content (AvgIpc) is 1.87. The Hall–Kier alpha value is -0.440. The predicted octanol–water partition coefficient (Wildman–Crippen LogP) is 2.16. The standard InChI is InChI=1S/C8H14O2S/c1-4-7(8(9)10)11-5-6(2)3/h7H,2,4-5H2,1,3H3,(H,9,10). The van der Waals surface area contributed by atoms with Crippen molar-refractivity contribution in [3.05, 3.63) is 12.2 Å². The van der Waals surface area contributed by atoms with E-state index in [1.807, 2.05) is 13.8 Å². The van der Waals surface area contributed by atoms with Crippen LogP contribution in [-0.2, 0) is 4.79 Å². The lowest BCUT2D eigenvalue weighted by Crippen LogP contribution is -2.15. The van der Waals surface area contributed by atoms with E-state index in [2.05, 4.69) is 6.58 Å². The smallest absolute Gasteiger partial charge is 0.316 e. The van der Waals surface area contributed by atoms with Gasteiger partial charge in [0.15, 0.2) is 0 Å². The highest BCUT2D eigenvalue weighted by molar-refractivity contribution is 8.00. The summed E-state index contributed by atoms with van der Waals surface area (Å²) >= 11 is 1.44. The van der Waals surface area contributed by atoms with Crippen molar-refractivity contribution in [1.82, 2.24) is 0 Å². The lowest BCUT2D eigenvalue weighted by molar-refractivity contribution is -0.136. The summed E-state index contributed by atoms with van der Waals surface area (Å²) in [5.41, 5.74) is 1.02. The maximum Gasteiger partial charge on any atom is 0.316 e. The molecule has 64 valence electrons. The molecular weight excluding hydrogens is 160 g/mol. The zero-order valence-corrected chi connectivity index (χ0v) is 7.78. The van der Waals surface area contributed by atoms with E-state index in [4.69, 9.17) is 5.11 Å². The molecule has 1 atom stereocenters. The van der Waals surface area contributed by atoms with Crippen LogP contribution in [0.25, 0.3) is 0 Å². The average molecular weight is 174 g/mol. The molecule has 0 rings (SSSR count). The molecule has 0 bridgehead atoms. The third kappa shape index (κ3) is 4.90. The minimum absolute atomic E-state index is 0.272. The van der Waals surface area contributed by atoms with E-state index in [1.54, 1.807) is 0 Å². The Balaban J connectivity index is 3.70. The largest absolute Gasteiger partial charge is 0.480 e. The molecule has 0 aliphatic carbocycles. The number of rotatable bonds is 5. The van der Waals surface area contributed by atoms with Gasteiger partial charge in [0.2, 0.25) is 0 Å². The molecule has 1 N–H and O–H groups in total. The molecule has 0 aromatic heterocycles. The van der Waals surface area contributed by atoms with Gasteiger partial charge < -0.3 is 5.11 Å². The van der Waals surface area contributed by atoms with Crippen LogP contribution in [0, 0.1) is 0 Å². The summed E-state index contributed by atoms with van der Waals surface area (Å²) in [7, 11) is 0. The number of hydrogen-bond donors (Lipinski definition) is 1. The second kappa shape index (κ2) is 5.24. The first-order chi connectivity index (χ1) is 5.07. The maximum atomic E-state index is 10.5. The molecule has 11 heavy (non-hydrogen) atoms. The predicted molar refractivity (Wildman–Crippen MR) is 49.0 cm³/mol. The molecule has 0 aromatic rings. The number of carboxylic acid groups (broad SMARTS) is 1. The van der Waals surface area contributed by atoms with Crippen molar-refractivity contribution in [2.24, 2.45) is 0 Å². The second-order valence-electron chi connectivity index (χ2n) is 2.50. The third-order valence-corrected chi connectivity index (χ3v) is 2.77. The zero-order chi connectivity index (χ0) is 8.85. The molecule has 2 nitrogen and oxygen atoms in total. The lowest BCUT2D eigenvalue weighted by atomic mass is 10.3. The van der Waals surface area contributed by atoms with E-state index >= 15 is 0 Å². The van der Waals surface area contributed by atoms with E-state index in [9.17, 15) is 4.79 Å². The second-order valence-corrected chi connectivity index (χ2v) is 3.69. The van der Waals surface area contributed by atoms with E-state index in [0.29, 0.717) is 6.42 Å². The quantitative estimate of drug-likeness (QED) is 0.649. The molecule has 0 amide bonds. The van der Waals surface area contributed by atoms with Crippen molar-refractivity contribution in [3.63, 3.8) is 0 Å². The van der Waals surface area contributed by atoms with Crippen LogP contribution in [0.1, 0.15) is 20.3 Å². The molecular formula is C8H14O2S. The van der Waals surface area contributed by atoms with Crippen molar-refractivity contribution in [1.29, 1.82) is 0 Å². The summed E-state index contributed by atoms with van der Waals surface area (Å²) in [4.78, 5) is 10.5. The molecule has 0 spiro atoms. The van der Waals surface area contributed by atoms with Gasteiger partial charge >= 0.3 is 5.97 Å². The molecule has 0 radical (unpaired) electrons. The van der Waals surface area contributed by atoms with Crippen LogP contribution in [-0.4, -0.2) is 22.1 Å². The number of hydrogen-bond acceptors (Lipinski definition) is 2. The van der Waals surface area contributed by atoms with E-state index in [1.165, 1.54) is 11.8 Å². The Morgan fingerprint density at radius 3 is 2.55 bits per heavy atom. The molecule has 0 heterocycles. The van der Waals surface area contributed by atoms with Gasteiger partial charge in [-0.15, -0.1) is 11.8 Å². The minimum Gasteiger partial charge on any atom is -0.480 e. The van der Waals surface area contributed by atoms with Gasteiger partial charge in [-0.05, 0) is 13.3 Å². The topological polar surface area (TPSA) is 37.3 Å². The monoisotopic (exact) mass is 174 g/mol. The van der Waals surface area contributed by atoms with Gasteiger partial charge in [0.25, 0.3) is 0 Å². The summed E-state index contributed by atoms with van der Waals surface area (Å²) in [6, 6.07) is 0. The van der Waals surface area contributed by atoms with Gasteiger partial charge in [-0.2, -0.15) is 0 Å². The van der Waals surface area contributed by atoms with Gasteiger partial charge in [0, 0.05) is 5.75 Å². The summed E-state index contributed by atoms with van der Waals surface area (Å²) < 4.78 is 0. The maximum absolute atomic E-state index is 10.5. The van der Waals surface area contributed by atoms with Gasteiger partial charge in [0.1, 0.15) is 5.25 Å². The minimum atomic E-state index is -0.723. The molecule has 0 saturated heterocycles. The van der Waals surface area contributed by atoms with Gasteiger partial charge in [-0.1, -0.05) is 19.1 Å². The SMILES string of the molecule is C=C(C)CSC(CC)C(=O)O. The van der Waals surface area contributed by atoms with E-state index < -0.39 is 5.97 Å². The zero-order valence-electron chi connectivity index (χ0n) is 6.96. The fraction of sp³-hybridized carbons (Fsp3) is 0.625. The molecule has 0 fully saturated rings. The Morgan fingerprint density at radius 2 is 2.27 bits per heavy atom. The molecule has 0 saturated carbocycles. The summed E-state index contributed by atoms with van der Waals surface area (Å²) in [6.07, 6.45) is 0.674. The Kier molecular flexibility index (Phi) is 5.03. The van der Waals surface area contributed by atoms with Crippen LogP contribution < -0.4 is 0 Å². The molecule has 3 heteroatoms. The van der Waals surface area contributed by atoms with Gasteiger partial charge in [0.05, 0.1) is 0 Å². The fourth-order valence-corrected chi connectivity index (χ4v) is 1.47. The first-order valence-corrected chi connectivity index (χ1v) is 4.61. The van der Waals surface area contributed by atoms with Crippen molar-refractivity contribution in [2.45, 2.75) is 25.5 Å². The molecule has 0 aromatic carbocycles. The highest BCUT2D eigenvalue weighted by Gasteiger charge is 2.14. The van der Waals surface area contributed by atoms with Crippen molar-refractivity contribution >= 4 is 17.7 Å². The Labute approximate surface area is 71.7 Å². The molecule has 0 aliphatic heterocycles. The summed E-state index contributed by atoms with van der Waals surface area (Å²) in [6.45, 7) is 7.49. The van der Waals surface area contributed by atoms with E-state index in [-0.39, 0.29) is 5.25 Å².